The van der Waals surface area contributed by atoms with Crippen LogP contribution in [0.15, 0.2) is 67.0 Å². The van der Waals surface area contributed by atoms with Crippen molar-refractivity contribution >= 4 is 17.5 Å². The summed E-state index contributed by atoms with van der Waals surface area (Å²) in [6.07, 6.45) is 3.38. The van der Waals surface area contributed by atoms with Crippen molar-refractivity contribution in [3.63, 3.8) is 0 Å². The number of anilines is 1. The highest BCUT2D eigenvalue weighted by atomic mass is 16.2. The molecular weight excluding hydrogens is 386 g/mol. The number of pyridine rings is 1. The number of fused-ring (bicyclic) bond motifs is 1. The molecule has 2 aliphatic rings. The van der Waals surface area contributed by atoms with Crippen LogP contribution in [0.2, 0.25) is 0 Å². The van der Waals surface area contributed by atoms with Crippen molar-refractivity contribution in [2.75, 3.05) is 4.90 Å². The molecule has 5 rings (SSSR count). The van der Waals surface area contributed by atoms with Crippen LogP contribution in [0, 0.1) is 36.5 Å². The number of nitriles is 1. The molecule has 5 heteroatoms. The van der Waals surface area contributed by atoms with Gasteiger partial charge in [-0.1, -0.05) is 18.2 Å². The van der Waals surface area contributed by atoms with Gasteiger partial charge < -0.3 is 0 Å². The Bertz CT molecular complexity index is 1260. The highest BCUT2D eigenvalue weighted by Gasteiger charge is 2.86. The van der Waals surface area contributed by atoms with E-state index in [4.69, 9.17) is 0 Å². The molecule has 5 nitrogen and oxygen atoms in total. The molecule has 1 aromatic heterocycles. The van der Waals surface area contributed by atoms with Crippen LogP contribution in [0.5, 0.6) is 0 Å². The summed E-state index contributed by atoms with van der Waals surface area (Å²) in [7, 11) is 0. The molecule has 2 heterocycles. The summed E-state index contributed by atoms with van der Waals surface area (Å²) in [5.41, 5.74) is 3.27. The fourth-order valence-electron chi connectivity index (χ4n) is 5.65. The van der Waals surface area contributed by atoms with Crippen LogP contribution < -0.4 is 4.90 Å². The third kappa shape index (κ3) is 2.33. The zero-order valence-corrected chi connectivity index (χ0v) is 17.6. The quantitative estimate of drug-likeness (QED) is 0.614. The lowest BCUT2D eigenvalue weighted by atomic mass is 9.79. The minimum Gasteiger partial charge on any atom is -0.274 e. The van der Waals surface area contributed by atoms with Crippen LogP contribution in [0.3, 0.4) is 0 Å². The summed E-state index contributed by atoms with van der Waals surface area (Å²) in [6.45, 7) is 5.81. The molecule has 1 aliphatic carbocycles. The second-order valence-corrected chi connectivity index (χ2v) is 8.69. The number of imide groups is 1. The van der Waals surface area contributed by atoms with Gasteiger partial charge in [0.2, 0.25) is 11.8 Å². The van der Waals surface area contributed by atoms with E-state index in [0.717, 1.165) is 22.3 Å². The van der Waals surface area contributed by atoms with E-state index in [1.165, 1.54) is 4.90 Å². The van der Waals surface area contributed by atoms with E-state index in [-0.39, 0.29) is 11.8 Å². The topological polar surface area (TPSA) is 74.1 Å². The molecule has 0 bridgehead atoms. The average molecular weight is 407 g/mol. The molecule has 1 saturated heterocycles. The molecule has 0 spiro atoms. The number of rotatable bonds is 3. The standard InChI is InChI=1S/C26H21N3O2/c1-16-12-17(2)14-21(13-16)29-23(30)22-25(3,24(29)31)26(22,20-8-10-28-11-9-20)19-6-4-18(15-27)5-7-19/h4-14,22H,1-3H3/t22-,25-,26-/m1/s1. The van der Waals surface area contributed by atoms with Crippen LogP contribution in [0.25, 0.3) is 0 Å². The Labute approximate surface area is 181 Å². The average Bonchev–Trinajstić information content (AvgIpc) is 3.28. The van der Waals surface area contributed by atoms with Crippen LogP contribution in [0.4, 0.5) is 5.69 Å². The number of nitrogens with zero attached hydrogens (tertiary/aromatic N) is 3. The van der Waals surface area contributed by atoms with Crippen LogP contribution >= 0.6 is 0 Å². The first kappa shape index (κ1) is 19.2. The maximum absolute atomic E-state index is 13.8. The lowest BCUT2D eigenvalue weighted by molar-refractivity contribution is -0.125. The maximum Gasteiger partial charge on any atom is 0.241 e. The van der Waals surface area contributed by atoms with E-state index in [2.05, 4.69) is 11.1 Å². The van der Waals surface area contributed by atoms with Crippen molar-refractivity contribution in [1.29, 1.82) is 5.26 Å². The van der Waals surface area contributed by atoms with Gasteiger partial charge in [-0.3, -0.25) is 14.6 Å². The monoisotopic (exact) mass is 407 g/mol. The van der Waals surface area contributed by atoms with Crippen molar-refractivity contribution in [2.24, 2.45) is 11.3 Å². The van der Waals surface area contributed by atoms with E-state index in [1.54, 1.807) is 24.5 Å². The van der Waals surface area contributed by atoms with Gasteiger partial charge in [0.05, 0.1) is 28.7 Å². The minimum atomic E-state index is -0.906. The molecule has 0 N–H and O–H groups in total. The number of aromatic nitrogens is 1. The van der Waals surface area contributed by atoms with Crippen LogP contribution in [0.1, 0.15) is 34.7 Å². The number of aryl methyl sites for hydroxylation is 2. The fourth-order valence-corrected chi connectivity index (χ4v) is 5.65. The highest BCUT2D eigenvalue weighted by Crippen LogP contribution is 2.76. The maximum atomic E-state index is 13.8. The molecule has 1 aliphatic heterocycles. The number of hydrogen-bond acceptors (Lipinski definition) is 4. The smallest absolute Gasteiger partial charge is 0.241 e. The summed E-state index contributed by atoms with van der Waals surface area (Å²) in [5, 5.41) is 9.19. The van der Waals surface area contributed by atoms with Crippen molar-refractivity contribution in [1.82, 2.24) is 4.98 Å². The molecule has 31 heavy (non-hydrogen) atoms. The van der Waals surface area contributed by atoms with Crippen molar-refractivity contribution in [3.05, 3.63) is 94.8 Å². The first-order chi connectivity index (χ1) is 14.9. The van der Waals surface area contributed by atoms with E-state index in [9.17, 15) is 14.9 Å². The Kier molecular flexibility index (Phi) is 3.94. The largest absolute Gasteiger partial charge is 0.274 e. The van der Waals surface area contributed by atoms with Crippen LogP contribution in [-0.2, 0) is 15.0 Å². The number of carbonyl (C=O) groups excluding carboxylic acids is 2. The zero-order valence-electron chi connectivity index (χ0n) is 17.6. The summed E-state index contributed by atoms with van der Waals surface area (Å²) in [5.74, 6) is -0.879. The normalized spacial score (nSPS) is 26.5. The van der Waals surface area contributed by atoms with E-state index < -0.39 is 16.7 Å². The Balaban J connectivity index is 1.68. The molecule has 2 fully saturated rings. The van der Waals surface area contributed by atoms with Crippen molar-refractivity contribution in [3.8, 4) is 6.07 Å². The van der Waals surface area contributed by atoms with Crippen molar-refractivity contribution in [2.45, 2.75) is 26.2 Å². The second kappa shape index (κ2) is 6.36. The van der Waals surface area contributed by atoms with Gasteiger partial charge in [-0.25, -0.2) is 4.90 Å². The zero-order chi connectivity index (χ0) is 22.0. The van der Waals surface area contributed by atoms with Gasteiger partial charge in [0.25, 0.3) is 0 Å². The Morgan fingerprint density at radius 1 is 0.935 bits per heavy atom. The van der Waals surface area contributed by atoms with Crippen LogP contribution in [-0.4, -0.2) is 16.8 Å². The lowest BCUT2D eigenvalue weighted by Gasteiger charge is -2.29. The van der Waals surface area contributed by atoms with Gasteiger partial charge in [-0.2, -0.15) is 5.26 Å². The third-order valence-electron chi connectivity index (χ3n) is 6.93. The predicted molar refractivity (Wildman–Crippen MR) is 116 cm³/mol. The van der Waals surface area contributed by atoms with Gasteiger partial charge >= 0.3 is 0 Å². The minimum absolute atomic E-state index is 0.182. The fraction of sp³-hybridized carbons (Fsp3) is 0.231. The molecule has 152 valence electrons. The molecule has 0 unspecified atom stereocenters. The molecule has 3 atom stereocenters. The van der Waals surface area contributed by atoms with Crippen molar-refractivity contribution < 1.29 is 9.59 Å². The first-order valence-corrected chi connectivity index (χ1v) is 10.2. The van der Waals surface area contributed by atoms with E-state index in [0.29, 0.717) is 11.3 Å². The van der Waals surface area contributed by atoms with Gasteiger partial charge in [-0.05, 0) is 79.4 Å². The lowest BCUT2D eigenvalue weighted by Crippen LogP contribution is -2.42. The third-order valence-corrected chi connectivity index (χ3v) is 6.93. The molecule has 2 aromatic carbocycles. The number of hydrogen-bond donors (Lipinski definition) is 0. The summed E-state index contributed by atoms with van der Waals surface area (Å²) in [4.78, 5) is 33.0. The van der Waals surface area contributed by atoms with Gasteiger partial charge in [0, 0.05) is 17.8 Å². The number of carbonyl (C=O) groups is 2. The SMILES string of the molecule is Cc1cc(C)cc(N2C(=O)[C@H]3[C@](c4ccncc4)(c4ccc(C#N)cc4)[C@@]3(C)C2=O)c1. The number of amides is 2. The highest BCUT2D eigenvalue weighted by molar-refractivity contribution is 6.29. The molecule has 2 amide bonds. The summed E-state index contributed by atoms with van der Waals surface area (Å²) < 4.78 is 0. The van der Waals surface area contributed by atoms with E-state index >= 15 is 0 Å². The van der Waals surface area contributed by atoms with Gasteiger partial charge in [0.1, 0.15) is 0 Å². The Hall–Kier alpha value is -3.78. The first-order valence-electron chi connectivity index (χ1n) is 10.2. The molecule has 3 aromatic rings. The van der Waals surface area contributed by atoms with Gasteiger partial charge in [0.15, 0.2) is 0 Å². The van der Waals surface area contributed by atoms with Gasteiger partial charge in [-0.15, -0.1) is 0 Å². The van der Waals surface area contributed by atoms with E-state index in [1.807, 2.05) is 63.2 Å². The molecule has 1 saturated carbocycles. The Morgan fingerprint density at radius 2 is 1.52 bits per heavy atom. The summed E-state index contributed by atoms with van der Waals surface area (Å²) in [6, 6.07) is 18.9. The number of benzene rings is 2. The second-order valence-electron chi connectivity index (χ2n) is 8.69. The molecular formula is C26H21N3O2. The number of piperidine rings is 1. The Morgan fingerprint density at radius 3 is 2.03 bits per heavy atom. The predicted octanol–water partition coefficient (Wildman–Crippen LogP) is 4.07. The summed E-state index contributed by atoms with van der Waals surface area (Å²) >= 11 is 0. The molecule has 0 radical (unpaired) electrons.